The number of aryl methyl sites for hydroxylation is 1. The Morgan fingerprint density at radius 1 is 1.69 bits per heavy atom. The summed E-state index contributed by atoms with van der Waals surface area (Å²) in [6, 6.07) is 0. The monoisotopic (exact) mass is 184 g/mol. The Balaban J connectivity index is 2.53. The molecule has 1 atom stereocenters. The van der Waals surface area contributed by atoms with Crippen LogP contribution in [0.15, 0.2) is 10.7 Å². The molecule has 13 heavy (non-hydrogen) atoms. The molecule has 0 aromatic carbocycles. The average molecular weight is 184 g/mol. The number of aromatic nitrogens is 1. The summed E-state index contributed by atoms with van der Waals surface area (Å²) in [5, 5.41) is 8.60. The zero-order chi connectivity index (χ0) is 9.68. The van der Waals surface area contributed by atoms with Crippen LogP contribution >= 0.6 is 0 Å². The molecule has 0 saturated heterocycles. The molecule has 1 heterocycles. The molecule has 0 aliphatic rings. The second-order valence-corrected chi connectivity index (χ2v) is 3.13. The van der Waals surface area contributed by atoms with Crippen molar-refractivity contribution in [2.45, 2.75) is 25.7 Å². The number of rotatable bonds is 5. The molecule has 0 aliphatic carbocycles. The van der Waals surface area contributed by atoms with Crippen LogP contribution in [0.2, 0.25) is 0 Å². The Kier molecular flexibility index (Phi) is 3.92. The second kappa shape index (κ2) is 4.99. The summed E-state index contributed by atoms with van der Waals surface area (Å²) in [6.45, 7) is 2.75. The van der Waals surface area contributed by atoms with E-state index in [-0.39, 0.29) is 12.5 Å². The van der Waals surface area contributed by atoms with Crippen molar-refractivity contribution in [1.29, 1.82) is 0 Å². The summed E-state index contributed by atoms with van der Waals surface area (Å²) < 4.78 is 5.21. The first-order valence-corrected chi connectivity index (χ1v) is 4.53. The Bertz CT molecular complexity index is 248. The lowest BCUT2D eigenvalue weighted by molar-refractivity contribution is 0.283. The van der Waals surface area contributed by atoms with Gasteiger partial charge < -0.3 is 15.3 Å². The second-order valence-electron chi connectivity index (χ2n) is 3.13. The number of hydrogen-bond donors (Lipinski definition) is 2. The predicted molar refractivity (Wildman–Crippen MR) is 49.4 cm³/mol. The van der Waals surface area contributed by atoms with Crippen LogP contribution in [0.5, 0.6) is 0 Å². The van der Waals surface area contributed by atoms with E-state index in [2.05, 4.69) is 4.98 Å². The van der Waals surface area contributed by atoms with Crippen molar-refractivity contribution in [3.63, 3.8) is 0 Å². The van der Waals surface area contributed by atoms with Gasteiger partial charge in [-0.25, -0.2) is 4.98 Å². The molecular weight excluding hydrogens is 168 g/mol. The van der Waals surface area contributed by atoms with E-state index in [9.17, 15) is 0 Å². The lowest BCUT2D eigenvalue weighted by Crippen LogP contribution is -2.09. The topological polar surface area (TPSA) is 72.3 Å². The quantitative estimate of drug-likeness (QED) is 0.705. The fourth-order valence-corrected chi connectivity index (χ4v) is 1.02. The zero-order valence-electron chi connectivity index (χ0n) is 7.86. The van der Waals surface area contributed by atoms with Crippen molar-refractivity contribution < 1.29 is 9.52 Å². The van der Waals surface area contributed by atoms with E-state index in [4.69, 9.17) is 15.3 Å². The van der Waals surface area contributed by atoms with Gasteiger partial charge in [0, 0.05) is 25.5 Å². The summed E-state index contributed by atoms with van der Waals surface area (Å²) in [7, 11) is 0. The average Bonchev–Trinajstić information content (AvgIpc) is 2.62. The molecule has 1 unspecified atom stereocenters. The number of nitrogens with zero attached hydrogens (tertiary/aromatic N) is 1. The molecule has 0 spiro atoms. The van der Waals surface area contributed by atoms with E-state index in [1.165, 1.54) is 0 Å². The molecule has 0 aliphatic heterocycles. The van der Waals surface area contributed by atoms with Gasteiger partial charge in [0.05, 0.1) is 5.69 Å². The fraction of sp³-hybridized carbons (Fsp3) is 0.667. The third-order valence-corrected chi connectivity index (χ3v) is 1.98. The van der Waals surface area contributed by atoms with Gasteiger partial charge in [0.1, 0.15) is 6.26 Å². The molecule has 4 heteroatoms. The zero-order valence-corrected chi connectivity index (χ0v) is 7.86. The maximum Gasteiger partial charge on any atom is 0.194 e. The van der Waals surface area contributed by atoms with Gasteiger partial charge in [0.25, 0.3) is 0 Å². The fourth-order valence-electron chi connectivity index (χ4n) is 1.02. The standard InChI is InChI=1S/C9H16N2O2/c1-7(5-10)8-6-13-9(11-8)3-2-4-12/h6-7,12H,2-5,10H2,1H3. The third-order valence-electron chi connectivity index (χ3n) is 1.98. The lowest BCUT2D eigenvalue weighted by atomic mass is 10.1. The van der Waals surface area contributed by atoms with Gasteiger partial charge in [0.15, 0.2) is 5.89 Å². The molecule has 3 N–H and O–H groups in total. The molecular formula is C9H16N2O2. The Labute approximate surface area is 77.8 Å². The number of aliphatic hydroxyl groups excluding tert-OH is 1. The van der Waals surface area contributed by atoms with Crippen LogP contribution in [0, 0.1) is 0 Å². The summed E-state index contributed by atoms with van der Waals surface area (Å²) in [5.41, 5.74) is 6.39. The van der Waals surface area contributed by atoms with Gasteiger partial charge >= 0.3 is 0 Å². The van der Waals surface area contributed by atoms with E-state index in [1.54, 1.807) is 6.26 Å². The van der Waals surface area contributed by atoms with E-state index in [0.717, 1.165) is 5.69 Å². The van der Waals surface area contributed by atoms with Crippen LogP contribution in [-0.4, -0.2) is 23.2 Å². The minimum Gasteiger partial charge on any atom is -0.449 e. The maximum atomic E-state index is 8.60. The minimum absolute atomic E-state index is 0.171. The summed E-state index contributed by atoms with van der Waals surface area (Å²) in [5.74, 6) is 0.927. The highest BCUT2D eigenvalue weighted by atomic mass is 16.3. The van der Waals surface area contributed by atoms with Crippen molar-refractivity contribution in [1.82, 2.24) is 4.98 Å². The molecule has 74 valence electrons. The maximum absolute atomic E-state index is 8.60. The van der Waals surface area contributed by atoms with Crippen molar-refractivity contribution in [2.75, 3.05) is 13.2 Å². The van der Waals surface area contributed by atoms with E-state index in [1.807, 2.05) is 6.92 Å². The molecule has 0 radical (unpaired) electrons. The molecule has 1 aromatic rings. The first kappa shape index (κ1) is 10.2. The molecule has 0 fully saturated rings. The van der Waals surface area contributed by atoms with Crippen molar-refractivity contribution in [2.24, 2.45) is 5.73 Å². The van der Waals surface area contributed by atoms with Gasteiger partial charge in [-0.2, -0.15) is 0 Å². The summed E-state index contributed by atoms with van der Waals surface area (Å²) in [4.78, 5) is 4.26. The lowest BCUT2D eigenvalue weighted by Gasteiger charge is -2.00. The van der Waals surface area contributed by atoms with E-state index in [0.29, 0.717) is 25.3 Å². The van der Waals surface area contributed by atoms with Crippen LogP contribution in [0.1, 0.15) is 30.8 Å². The van der Waals surface area contributed by atoms with Crippen LogP contribution in [0.4, 0.5) is 0 Å². The van der Waals surface area contributed by atoms with Crippen LogP contribution in [0.25, 0.3) is 0 Å². The Hall–Kier alpha value is -0.870. The molecule has 1 rings (SSSR count). The van der Waals surface area contributed by atoms with Gasteiger partial charge in [-0.15, -0.1) is 0 Å². The normalized spacial score (nSPS) is 13.2. The van der Waals surface area contributed by atoms with Crippen molar-refractivity contribution in [3.8, 4) is 0 Å². The first-order valence-electron chi connectivity index (χ1n) is 4.53. The molecule has 0 amide bonds. The van der Waals surface area contributed by atoms with Crippen molar-refractivity contribution >= 4 is 0 Å². The largest absolute Gasteiger partial charge is 0.449 e. The number of hydrogen-bond acceptors (Lipinski definition) is 4. The predicted octanol–water partition coefficient (Wildman–Crippen LogP) is 0.662. The minimum atomic E-state index is 0.171. The highest BCUT2D eigenvalue weighted by Crippen LogP contribution is 2.13. The van der Waals surface area contributed by atoms with Crippen LogP contribution in [0.3, 0.4) is 0 Å². The summed E-state index contributed by atoms with van der Waals surface area (Å²) in [6.07, 6.45) is 3.02. The molecule has 4 nitrogen and oxygen atoms in total. The third kappa shape index (κ3) is 2.82. The number of nitrogens with two attached hydrogens (primary N) is 1. The SMILES string of the molecule is CC(CN)c1coc(CCCO)n1. The number of aliphatic hydroxyl groups is 1. The first-order chi connectivity index (χ1) is 6.27. The smallest absolute Gasteiger partial charge is 0.194 e. The summed E-state index contributed by atoms with van der Waals surface area (Å²) >= 11 is 0. The van der Waals surface area contributed by atoms with Crippen LogP contribution in [-0.2, 0) is 6.42 Å². The Morgan fingerprint density at radius 2 is 2.46 bits per heavy atom. The van der Waals surface area contributed by atoms with E-state index >= 15 is 0 Å². The van der Waals surface area contributed by atoms with Gasteiger partial charge in [-0.1, -0.05) is 6.92 Å². The van der Waals surface area contributed by atoms with E-state index < -0.39 is 0 Å². The van der Waals surface area contributed by atoms with Gasteiger partial charge in [-0.05, 0) is 6.42 Å². The highest BCUT2D eigenvalue weighted by Gasteiger charge is 2.09. The van der Waals surface area contributed by atoms with Gasteiger partial charge in [-0.3, -0.25) is 0 Å². The number of oxazole rings is 1. The highest BCUT2D eigenvalue weighted by molar-refractivity contribution is 5.03. The molecule has 1 aromatic heterocycles. The Morgan fingerprint density at radius 3 is 3.08 bits per heavy atom. The van der Waals surface area contributed by atoms with Gasteiger partial charge in [0.2, 0.25) is 0 Å². The van der Waals surface area contributed by atoms with Crippen molar-refractivity contribution in [3.05, 3.63) is 17.8 Å². The molecule has 0 saturated carbocycles. The van der Waals surface area contributed by atoms with Crippen LogP contribution < -0.4 is 5.73 Å². The molecule has 0 bridgehead atoms.